The van der Waals surface area contributed by atoms with Crippen molar-refractivity contribution in [1.29, 1.82) is 0 Å². The highest BCUT2D eigenvalue weighted by Crippen LogP contribution is 2.54. The number of fused-ring (bicyclic) bond motifs is 9. The second-order valence-electron chi connectivity index (χ2n) is 16.1. The second-order valence-corrected chi connectivity index (χ2v) is 16.1. The van der Waals surface area contributed by atoms with E-state index in [0.29, 0.717) is 0 Å². The van der Waals surface area contributed by atoms with Crippen LogP contribution in [-0.2, 0) is 5.41 Å². The quantitative estimate of drug-likeness (QED) is 0.189. The SMILES string of the molecule is CC1(C)C2=C(N=C(c3ccc4c(c3)c3ccccc3n4-c3ccccc3)NC2n2c3ccccc3c3cc4ccccc4cc32)c2ccc(C3=CCNC=C3)cc21. The van der Waals surface area contributed by atoms with Crippen LogP contribution in [0.5, 0.6) is 0 Å². The van der Waals surface area contributed by atoms with Gasteiger partial charge in [0.05, 0.1) is 27.8 Å². The summed E-state index contributed by atoms with van der Waals surface area (Å²) in [4.78, 5) is 5.64. The van der Waals surface area contributed by atoms with Crippen molar-refractivity contribution in [1.82, 2.24) is 19.8 Å². The first kappa shape index (κ1) is 32.2. The largest absolute Gasteiger partial charge is 0.387 e. The Morgan fingerprint density at radius 2 is 1.30 bits per heavy atom. The van der Waals surface area contributed by atoms with E-state index in [1.54, 1.807) is 0 Å². The number of nitrogens with zero attached hydrogens (tertiary/aromatic N) is 3. The lowest BCUT2D eigenvalue weighted by Gasteiger charge is -2.36. The summed E-state index contributed by atoms with van der Waals surface area (Å²) in [5.74, 6) is 0.876. The number of aromatic nitrogens is 2. The molecule has 1 atom stereocenters. The number of amidine groups is 1. The molecule has 0 amide bonds. The van der Waals surface area contributed by atoms with Crippen molar-refractivity contribution >= 4 is 71.5 Å². The van der Waals surface area contributed by atoms with E-state index in [4.69, 9.17) is 4.99 Å². The van der Waals surface area contributed by atoms with E-state index in [2.05, 4.69) is 197 Å². The van der Waals surface area contributed by atoms with Gasteiger partial charge in [0, 0.05) is 55.9 Å². The number of hydrogen-bond donors (Lipinski definition) is 2. The van der Waals surface area contributed by atoms with Gasteiger partial charge in [0.25, 0.3) is 0 Å². The van der Waals surface area contributed by atoms with Crippen LogP contribution in [-0.4, -0.2) is 21.5 Å². The fourth-order valence-electron chi connectivity index (χ4n) is 9.92. The fourth-order valence-corrected chi connectivity index (χ4v) is 9.92. The van der Waals surface area contributed by atoms with Gasteiger partial charge in [-0.3, -0.25) is 0 Å². The van der Waals surface area contributed by atoms with Gasteiger partial charge in [-0.2, -0.15) is 0 Å². The van der Waals surface area contributed by atoms with Gasteiger partial charge in [0.15, 0.2) is 0 Å². The summed E-state index contributed by atoms with van der Waals surface area (Å²) in [6.45, 7) is 5.60. The summed E-state index contributed by atoms with van der Waals surface area (Å²) in [5.41, 5.74) is 14.0. The highest BCUT2D eigenvalue weighted by atomic mass is 15.2. The molecule has 0 saturated heterocycles. The summed E-state index contributed by atoms with van der Waals surface area (Å²) in [7, 11) is 0. The molecule has 5 nitrogen and oxygen atoms in total. The minimum absolute atomic E-state index is 0.207. The Morgan fingerprint density at radius 1 is 0.614 bits per heavy atom. The third kappa shape index (κ3) is 4.66. The predicted octanol–water partition coefficient (Wildman–Crippen LogP) is 11.8. The zero-order valence-corrected chi connectivity index (χ0v) is 31.8. The Balaban J connectivity index is 1.11. The summed E-state index contributed by atoms with van der Waals surface area (Å²) < 4.78 is 4.92. The molecule has 0 spiro atoms. The van der Waals surface area contributed by atoms with E-state index in [1.807, 2.05) is 6.20 Å². The smallest absolute Gasteiger partial charge is 0.135 e. The maximum atomic E-state index is 5.64. The zero-order valence-electron chi connectivity index (χ0n) is 31.8. The molecule has 0 saturated carbocycles. The van der Waals surface area contributed by atoms with Crippen LogP contribution >= 0.6 is 0 Å². The maximum Gasteiger partial charge on any atom is 0.135 e. The van der Waals surface area contributed by atoms with Crippen LogP contribution in [0.1, 0.15) is 42.3 Å². The molecule has 12 rings (SSSR count). The molecular formula is C52H39N5. The third-order valence-corrected chi connectivity index (χ3v) is 12.6. The van der Waals surface area contributed by atoms with Crippen LogP contribution in [0.2, 0.25) is 0 Å². The normalized spacial score (nSPS) is 17.2. The van der Waals surface area contributed by atoms with Gasteiger partial charge in [0.2, 0.25) is 0 Å². The van der Waals surface area contributed by atoms with Crippen molar-refractivity contribution in [3.8, 4) is 5.69 Å². The van der Waals surface area contributed by atoms with Crippen LogP contribution in [0, 0.1) is 0 Å². The van der Waals surface area contributed by atoms with Crippen molar-refractivity contribution in [2.24, 2.45) is 4.99 Å². The standard InChI is InChI=1S/C52H39N5/c1-52(2)43-30-35(32-24-26-53-27-25-32)20-22-40(43)49-48(52)51(57-45-19-11-9-17-39(45)42-28-33-12-6-7-13-34(33)31-47(42)57)55-50(54-49)36-21-23-46-41(29-36)38-16-8-10-18-44(38)56(46)37-14-4-3-5-15-37/h3-26,28-31,51,53H,27H2,1-2H3,(H,54,55). The lowest BCUT2D eigenvalue weighted by atomic mass is 9.78. The lowest BCUT2D eigenvalue weighted by molar-refractivity contribution is 0.477. The molecule has 272 valence electrons. The number of para-hydroxylation sites is 3. The van der Waals surface area contributed by atoms with E-state index < -0.39 is 0 Å². The van der Waals surface area contributed by atoms with Crippen LogP contribution in [0.4, 0.5) is 0 Å². The molecule has 2 N–H and O–H groups in total. The van der Waals surface area contributed by atoms with Crippen LogP contribution in [0.25, 0.3) is 71.3 Å². The van der Waals surface area contributed by atoms with Crippen molar-refractivity contribution < 1.29 is 0 Å². The van der Waals surface area contributed by atoms with E-state index in [9.17, 15) is 0 Å². The molecule has 1 unspecified atom stereocenters. The van der Waals surface area contributed by atoms with E-state index >= 15 is 0 Å². The Bertz CT molecular complexity index is 3290. The third-order valence-electron chi connectivity index (χ3n) is 12.6. The first-order chi connectivity index (χ1) is 28.0. The monoisotopic (exact) mass is 733 g/mol. The number of nitrogens with one attached hydrogen (secondary N) is 2. The molecule has 57 heavy (non-hydrogen) atoms. The van der Waals surface area contributed by atoms with Crippen molar-refractivity contribution in [3.05, 3.63) is 198 Å². The van der Waals surface area contributed by atoms with E-state index in [0.717, 1.165) is 29.3 Å². The van der Waals surface area contributed by atoms with Crippen molar-refractivity contribution in [3.63, 3.8) is 0 Å². The Morgan fingerprint density at radius 3 is 2.11 bits per heavy atom. The second kappa shape index (κ2) is 11.9. The number of allylic oxidation sites excluding steroid dienone is 2. The van der Waals surface area contributed by atoms with Crippen molar-refractivity contribution in [2.75, 3.05) is 6.54 Å². The van der Waals surface area contributed by atoms with Gasteiger partial charge in [-0.15, -0.1) is 0 Å². The lowest BCUT2D eigenvalue weighted by Crippen LogP contribution is -2.40. The van der Waals surface area contributed by atoms with Crippen LogP contribution < -0.4 is 10.6 Å². The molecule has 5 heteroatoms. The van der Waals surface area contributed by atoms with Gasteiger partial charge < -0.3 is 19.8 Å². The minimum Gasteiger partial charge on any atom is -0.387 e. The summed E-state index contributed by atoms with van der Waals surface area (Å²) >= 11 is 0. The summed E-state index contributed by atoms with van der Waals surface area (Å²) in [6, 6.07) is 55.6. The molecule has 7 aromatic carbocycles. The van der Waals surface area contributed by atoms with Gasteiger partial charge >= 0.3 is 0 Å². The summed E-state index contributed by atoms with van der Waals surface area (Å²) in [6.07, 6.45) is 6.29. The highest BCUT2D eigenvalue weighted by Gasteiger charge is 2.45. The topological polar surface area (TPSA) is 46.3 Å². The fraction of sp³-hybridized carbons (Fsp3) is 0.0962. The average molecular weight is 734 g/mol. The number of aliphatic imine (C=N–C) groups is 1. The predicted molar refractivity (Wildman–Crippen MR) is 238 cm³/mol. The maximum absolute atomic E-state index is 5.64. The molecule has 2 aromatic heterocycles. The molecular weight excluding hydrogens is 695 g/mol. The highest BCUT2D eigenvalue weighted by molar-refractivity contribution is 6.15. The first-order valence-electron chi connectivity index (χ1n) is 19.9. The molecule has 1 aliphatic carbocycles. The molecule has 3 aliphatic rings. The molecule has 2 aliphatic heterocycles. The van der Waals surface area contributed by atoms with Gasteiger partial charge in [-0.1, -0.05) is 111 Å². The molecule has 0 bridgehead atoms. The number of dihydropyridines is 1. The van der Waals surface area contributed by atoms with E-state index in [-0.39, 0.29) is 11.6 Å². The Labute approximate surface area is 330 Å². The van der Waals surface area contributed by atoms with Crippen molar-refractivity contribution in [2.45, 2.75) is 25.4 Å². The minimum atomic E-state index is -0.313. The molecule has 4 heterocycles. The Kier molecular flexibility index (Phi) is 6.74. The van der Waals surface area contributed by atoms with Gasteiger partial charge in [-0.05, 0) is 100 Å². The zero-order chi connectivity index (χ0) is 37.8. The molecule has 0 radical (unpaired) electrons. The number of hydrogen-bond acceptors (Lipinski definition) is 3. The molecule has 0 fully saturated rings. The number of benzene rings is 7. The number of rotatable bonds is 4. The van der Waals surface area contributed by atoms with Gasteiger partial charge in [-0.25, -0.2) is 4.99 Å². The van der Waals surface area contributed by atoms with Gasteiger partial charge in [0.1, 0.15) is 12.0 Å². The first-order valence-corrected chi connectivity index (χ1v) is 19.9. The van der Waals surface area contributed by atoms with Crippen LogP contribution in [0.15, 0.2) is 181 Å². The molecule has 9 aromatic rings. The summed E-state index contributed by atoms with van der Waals surface area (Å²) in [5, 5.41) is 14.8. The van der Waals surface area contributed by atoms with Crippen LogP contribution in [0.3, 0.4) is 0 Å². The average Bonchev–Trinajstić information content (AvgIpc) is 3.85. The Hall–Kier alpha value is -7.11. The van der Waals surface area contributed by atoms with E-state index in [1.165, 1.54) is 82.2 Å².